The average molecular weight is 230 g/mol. The fourth-order valence-electron chi connectivity index (χ4n) is 2.62. The summed E-state index contributed by atoms with van der Waals surface area (Å²) in [4.78, 5) is 12.0. The molecule has 2 nitrogen and oxygen atoms in total. The van der Waals surface area contributed by atoms with Gasteiger partial charge in [-0.1, -0.05) is 19.3 Å². The summed E-state index contributed by atoms with van der Waals surface area (Å²) < 4.78 is 0. The summed E-state index contributed by atoms with van der Waals surface area (Å²) in [5.74, 6) is 1.10. The number of halogens is 1. The minimum Gasteiger partial charge on any atom is -0.349 e. The minimum absolute atomic E-state index is 0.0455. The van der Waals surface area contributed by atoms with E-state index < -0.39 is 0 Å². The van der Waals surface area contributed by atoms with Crippen molar-refractivity contribution in [2.75, 3.05) is 5.88 Å². The molecule has 2 aliphatic rings. The van der Waals surface area contributed by atoms with Crippen molar-refractivity contribution in [1.29, 1.82) is 0 Å². The van der Waals surface area contributed by atoms with Crippen LogP contribution in [-0.2, 0) is 4.79 Å². The van der Waals surface area contributed by atoms with Crippen LogP contribution in [0.25, 0.3) is 0 Å². The number of carbonyl (C=O) groups is 1. The summed E-state index contributed by atoms with van der Waals surface area (Å²) in [6.45, 7) is 0. The van der Waals surface area contributed by atoms with E-state index in [0.29, 0.717) is 5.88 Å². The highest BCUT2D eigenvalue weighted by Gasteiger charge is 2.38. The van der Waals surface area contributed by atoms with Gasteiger partial charge in [0, 0.05) is 11.8 Å². The number of amides is 1. The molecule has 1 N–H and O–H groups in total. The summed E-state index contributed by atoms with van der Waals surface area (Å²) in [5, 5.41) is 3.18. The summed E-state index contributed by atoms with van der Waals surface area (Å²) in [6.07, 6.45) is 9.21. The van der Waals surface area contributed by atoms with Gasteiger partial charge in [0.05, 0.1) is 5.54 Å². The second-order valence-electron chi connectivity index (χ2n) is 5.09. The lowest BCUT2D eigenvalue weighted by atomic mass is 9.77. The monoisotopic (exact) mass is 229 g/mol. The number of carbonyl (C=O) groups excluding carboxylic acids is 1. The van der Waals surface area contributed by atoms with Crippen LogP contribution in [0.1, 0.15) is 51.4 Å². The number of nitrogens with one attached hydrogen (secondary N) is 1. The highest BCUT2D eigenvalue weighted by Crippen LogP contribution is 2.34. The van der Waals surface area contributed by atoms with E-state index in [1.54, 1.807) is 0 Å². The Morgan fingerprint density at radius 1 is 1.20 bits per heavy atom. The second kappa shape index (κ2) is 4.73. The molecule has 0 unspecified atom stereocenters. The van der Waals surface area contributed by atoms with Crippen molar-refractivity contribution in [2.24, 2.45) is 5.92 Å². The maximum Gasteiger partial charge on any atom is 0.223 e. The van der Waals surface area contributed by atoms with E-state index in [1.807, 2.05) is 0 Å². The van der Waals surface area contributed by atoms with E-state index in [9.17, 15) is 4.79 Å². The summed E-state index contributed by atoms with van der Waals surface area (Å²) in [6, 6.07) is 0. The van der Waals surface area contributed by atoms with E-state index in [-0.39, 0.29) is 17.4 Å². The normalized spacial score (nSPS) is 25.7. The van der Waals surface area contributed by atoms with Crippen molar-refractivity contribution in [2.45, 2.75) is 56.9 Å². The molecule has 2 aliphatic carbocycles. The number of hydrogen-bond acceptors (Lipinski definition) is 1. The number of alkyl halides is 1. The Morgan fingerprint density at radius 3 is 2.33 bits per heavy atom. The molecule has 15 heavy (non-hydrogen) atoms. The van der Waals surface area contributed by atoms with Crippen LogP contribution in [0.2, 0.25) is 0 Å². The Hall–Kier alpha value is -0.240. The molecule has 0 spiro atoms. The molecular formula is C12H20ClNO. The molecule has 1 amide bonds. The van der Waals surface area contributed by atoms with Crippen molar-refractivity contribution in [3.8, 4) is 0 Å². The van der Waals surface area contributed by atoms with Gasteiger partial charge >= 0.3 is 0 Å². The SMILES string of the molecule is O=C(NC1(CCl)CCC1)C1CCCCC1. The zero-order valence-electron chi connectivity index (χ0n) is 9.23. The van der Waals surface area contributed by atoms with Crippen molar-refractivity contribution in [3.63, 3.8) is 0 Å². The quantitative estimate of drug-likeness (QED) is 0.741. The molecule has 0 saturated heterocycles. The first-order valence-electron chi connectivity index (χ1n) is 6.14. The molecule has 0 atom stereocenters. The molecule has 3 heteroatoms. The van der Waals surface area contributed by atoms with Gasteiger partial charge in [-0.15, -0.1) is 11.6 Å². The van der Waals surface area contributed by atoms with E-state index in [1.165, 1.54) is 25.7 Å². The van der Waals surface area contributed by atoms with Crippen molar-refractivity contribution >= 4 is 17.5 Å². The van der Waals surface area contributed by atoms with Crippen LogP contribution < -0.4 is 5.32 Å². The molecule has 0 aromatic rings. The molecule has 0 aromatic carbocycles. The zero-order valence-corrected chi connectivity index (χ0v) is 9.98. The molecule has 0 bridgehead atoms. The van der Waals surface area contributed by atoms with Crippen LogP contribution in [0.4, 0.5) is 0 Å². The lowest BCUT2D eigenvalue weighted by Gasteiger charge is -2.42. The lowest BCUT2D eigenvalue weighted by molar-refractivity contribution is -0.128. The maximum absolute atomic E-state index is 12.0. The van der Waals surface area contributed by atoms with Crippen LogP contribution >= 0.6 is 11.6 Å². The topological polar surface area (TPSA) is 29.1 Å². The van der Waals surface area contributed by atoms with Crippen LogP contribution in [0.5, 0.6) is 0 Å². The third-order valence-electron chi connectivity index (χ3n) is 3.93. The number of rotatable bonds is 3. The van der Waals surface area contributed by atoms with E-state index in [2.05, 4.69) is 5.32 Å². The Kier molecular flexibility index (Phi) is 3.55. The van der Waals surface area contributed by atoms with Gasteiger partial charge in [-0.25, -0.2) is 0 Å². The van der Waals surface area contributed by atoms with Gasteiger partial charge < -0.3 is 5.32 Å². The molecule has 0 aromatic heterocycles. The van der Waals surface area contributed by atoms with E-state index >= 15 is 0 Å². The lowest BCUT2D eigenvalue weighted by Crippen LogP contribution is -2.56. The van der Waals surface area contributed by atoms with Gasteiger partial charge in [0.25, 0.3) is 0 Å². The van der Waals surface area contributed by atoms with Gasteiger partial charge in [0.15, 0.2) is 0 Å². The molecule has 2 fully saturated rings. The Bertz CT molecular complexity index is 226. The summed E-state index contributed by atoms with van der Waals surface area (Å²) in [7, 11) is 0. The third kappa shape index (κ3) is 2.47. The highest BCUT2D eigenvalue weighted by atomic mass is 35.5. The van der Waals surface area contributed by atoms with Crippen LogP contribution in [0.15, 0.2) is 0 Å². The van der Waals surface area contributed by atoms with Gasteiger partial charge in [-0.05, 0) is 32.1 Å². The Balaban J connectivity index is 1.85. The Morgan fingerprint density at radius 2 is 1.87 bits per heavy atom. The minimum atomic E-state index is -0.0455. The molecule has 0 heterocycles. The van der Waals surface area contributed by atoms with Gasteiger partial charge in [0.2, 0.25) is 5.91 Å². The zero-order chi connectivity index (χ0) is 10.7. The highest BCUT2D eigenvalue weighted by molar-refractivity contribution is 6.18. The first kappa shape index (κ1) is 11.3. The molecular weight excluding hydrogens is 210 g/mol. The first-order chi connectivity index (χ1) is 7.26. The fourth-order valence-corrected chi connectivity index (χ4v) is 2.96. The predicted molar refractivity (Wildman–Crippen MR) is 62.0 cm³/mol. The third-order valence-corrected chi connectivity index (χ3v) is 4.44. The van der Waals surface area contributed by atoms with Gasteiger partial charge in [-0.3, -0.25) is 4.79 Å². The van der Waals surface area contributed by atoms with Crippen molar-refractivity contribution in [1.82, 2.24) is 5.32 Å². The van der Waals surface area contributed by atoms with Crippen LogP contribution in [-0.4, -0.2) is 17.3 Å². The first-order valence-corrected chi connectivity index (χ1v) is 6.67. The average Bonchev–Trinajstić information content (AvgIpc) is 2.24. The Labute approximate surface area is 96.8 Å². The largest absolute Gasteiger partial charge is 0.349 e. The molecule has 2 rings (SSSR count). The van der Waals surface area contributed by atoms with Gasteiger partial charge in [-0.2, -0.15) is 0 Å². The molecule has 86 valence electrons. The van der Waals surface area contributed by atoms with E-state index in [0.717, 1.165) is 25.7 Å². The molecule has 0 radical (unpaired) electrons. The van der Waals surface area contributed by atoms with Gasteiger partial charge in [0.1, 0.15) is 0 Å². The van der Waals surface area contributed by atoms with E-state index in [4.69, 9.17) is 11.6 Å². The van der Waals surface area contributed by atoms with Crippen molar-refractivity contribution in [3.05, 3.63) is 0 Å². The molecule has 0 aliphatic heterocycles. The fraction of sp³-hybridized carbons (Fsp3) is 0.917. The maximum atomic E-state index is 12.0. The van der Waals surface area contributed by atoms with Crippen LogP contribution in [0.3, 0.4) is 0 Å². The summed E-state index contributed by atoms with van der Waals surface area (Å²) >= 11 is 5.93. The molecule has 2 saturated carbocycles. The second-order valence-corrected chi connectivity index (χ2v) is 5.36. The predicted octanol–water partition coefficient (Wildman–Crippen LogP) is 2.84. The summed E-state index contributed by atoms with van der Waals surface area (Å²) in [5.41, 5.74) is -0.0455. The number of hydrogen-bond donors (Lipinski definition) is 1. The smallest absolute Gasteiger partial charge is 0.223 e. The standard InChI is InChI=1S/C12H20ClNO/c13-9-12(7-4-8-12)14-11(15)10-5-2-1-3-6-10/h10H,1-9H2,(H,14,15). The van der Waals surface area contributed by atoms with Crippen molar-refractivity contribution < 1.29 is 4.79 Å². The van der Waals surface area contributed by atoms with Crippen LogP contribution in [0, 0.1) is 5.92 Å².